The summed E-state index contributed by atoms with van der Waals surface area (Å²) in [6.07, 6.45) is -6.47. The largest absolute Gasteiger partial charge is 1.00 e. The monoisotopic (exact) mass is 564 g/mol. The van der Waals surface area contributed by atoms with Crippen LogP contribution in [0.3, 0.4) is 0 Å². The molecule has 206 valence electrons. The number of ether oxygens (including phenoxy) is 1. The molecule has 8 unspecified atom stereocenters. The number of aliphatic hydroxyl groups is 3. The van der Waals surface area contributed by atoms with E-state index >= 15 is 0 Å². The molecule has 1 aromatic carbocycles. The van der Waals surface area contributed by atoms with Crippen molar-refractivity contribution >= 4 is 30.5 Å². The van der Waals surface area contributed by atoms with Crippen LogP contribution in [0, 0.1) is 5.92 Å². The van der Waals surface area contributed by atoms with Gasteiger partial charge in [-0.25, -0.2) is 5.09 Å². The normalized spacial score (nSPS) is 26.8. The summed E-state index contributed by atoms with van der Waals surface area (Å²) in [5, 5.41) is 46.7. The first-order valence-corrected chi connectivity index (χ1v) is 13.4. The van der Waals surface area contributed by atoms with Crippen LogP contribution in [0.25, 0.3) is 10.9 Å². The van der Waals surface area contributed by atoms with E-state index in [1.165, 1.54) is 6.92 Å². The molecular weight excluding hydrogens is 532 g/mol. The number of amides is 1. The number of H-pyrrole nitrogens is 1. The molecule has 1 amide bonds. The third-order valence-corrected chi connectivity index (χ3v) is 7.20. The molecule has 13 nitrogen and oxygen atoms in total. The Balaban J connectivity index is 0.00000507. The van der Waals surface area contributed by atoms with Crippen LogP contribution >= 0.6 is 7.75 Å². The number of benzene rings is 1. The molecule has 2 aromatic rings. The van der Waals surface area contributed by atoms with Gasteiger partial charge in [0.1, 0.15) is 18.3 Å². The molecule has 0 radical (unpaired) electrons. The fourth-order valence-electron chi connectivity index (χ4n) is 4.13. The van der Waals surface area contributed by atoms with E-state index in [0.717, 1.165) is 10.9 Å². The number of fused-ring (bicyclic) bond motifs is 1. The summed E-state index contributed by atoms with van der Waals surface area (Å²) >= 11 is 0. The van der Waals surface area contributed by atoms with Crippen LogP contribution in [0.2, 0.25) is 0 Å². The van der Waals surface area contributed by atoms with E-state index in [1.807, 2.05) is 12.1 Å². The molecule has 1 fully saturated rings. The zero-order chi connectivity index (χ0) is 27.5. The Bertz CT molecular complexity index is 1150. The standard InChI is InChI=1S/C23H34N3O10P.Na/c1-11(2)8-16(26-37(33,34)36-23-20(29)19(28)18(27)12(3)35-23)21(30)25-17(22(31)32)9-13-10-24-15-7-5-4-6-14(13)15;/h4-7,10-12,16-20,23-24,27-29H,8-9H2,1-3H3,(H,25,30)(H,31,32)(H2,26,33,34);/q;+1/p-2. The van der Waals surface area contributed by atoms with E-state index in [1.54, 1.807) is 32.2 Å². The van der Waals surface area contributed by atoms with Gasteiger partial charge in [-0.15, -0.1) is 0 Å². The Labute approximate surface area is 241 Å². The van der Waals surface area contributed by atoms with Crippen LogP contribution in [-0.4, -0.2) is 75.0 Å². The van der Waals surface area contributed by atoms with Crippen molar-refractivity contribution < 1.29 is 78.3 Å². The molecule has 1 aromatic heterocycles. The number of carboxylic acid groups (broad SMARTS) is 1. The summed E-state index contributed by atoms with van der Waals surface area (Å²) in [5.74, 6) is -2.66. The molecule has 0 bridgehead atoms. The number of carbonyl (C=O) groups excluding carboxylic acids is 2. The molecule has 0 saturated carbocycles. The van der Waals surface area contributed by atoms with E-state index in [2.05, 4.69) is 15.4 Å². The number of aromatic amines is 1. The summed E-state index contributed by atoms with van der Waals surface area (Å²) in [4.78, 5) is 40.6. The molecule has 1 saturated heterocycles. The van der Waals surface area contributed by atoms with E-state index in [0.29, 0.717) is 5.56 Å². The molecule has 1 aliphatic heterocycles. The maximum Gasteiger partial charge on any atom is 1.00 e. The maximum atomic E-state index is 13.0. The third kappa shape index (κ3) is 8.33. The van der Waals surface area contributed by atoms with Crippen molar-refractivity contribution in [3.05, 3.63) is 36.0 Å². The SMILES string of the molecule is CC(C)CC(NP(=O)([O-])OC1OC(C)C(O)C(O)C1O)C(=O)NC(Cc1c[nH]c2ccccc12)C(=O)[O-].[Na+]. The first-order chi connectivity index (χ1) is 17.3. The average Bonchev–Trinajstić information content (AvgIpc) is 3.22. The van der Waals surface area contributed by atoms with Crippen LogP contribution in [0.4, 0.5) is 0 Å². The molecule has 38 heavy (non-hydrogen) atoms. The first-order valence-electron chi connectivity index (χ1n) is 11.8. The number of aromatic nitrogens is 1. The number of para-hydroxylation sites is 1. The van der Waals surface area contributed by atoms with Crippen LogP contribution in [-0.2, 0) is 29.8 Å². The van der Waals surface area contributed by atoms with Crippen molar-refractivity contribution in [2.75, 3.05) is 0 Å². The van der Waals surface area contributed by atoms with E-state index in [4.69, 9.17) is 9.26 Å². The number of aliphatic hydroxyl groups excluding tert-OH is 3. The van der Waals surface area contributed by atoms with Gasteiger partial charge in [-0.2, -0.15) is 0 Å². The number of carboxylic acids is 1. The molecular formula is C23H32N3NaO10P-. The predicted molar refractivity (Wildman–Crippen MR) is 126 cm³/mol. The first kappa shape index (κ1) is 32.9. The number of hydrogen-bond acceptors (Lipinski definition) is 10. The van der Waals surface area contributed by atoms with Crippen molar-refractivity contribution in [1.29, 1.82) is 0 Å². The minimum atomic E-state index is -5.10. The fourth-order valence-corrected chi connectivity index (χ4v) is 5.25. The topological polar surface area (TPSA) is 216 Å². The van der Waals surface area contributed by atoms with Gasteiger partial charge in [-0.05, 0) is 30.9 Å². The number of carbonyl (C=O) groups is 2. The van der Waals surface area contributed by atoms with Gasteiger partial charge in [0.25, 0.3) is 0 Å². The summed E-state index contributed by atoms with van der Waals surface area (Å²) in [6.45, 7) is 4.81. The summed E-state index contributed by atoms with van der Waals surface area (Å²) < 4.78 is 22.7. The summed E-state index contributed by atoms with van der Waals surface area (Å²) in [6, 6.07) is 4.31. The number of hydrogen-bond donors (Lipinski definition) is 6. The van der Waals surface area contributed by atoms with Crippen molar-refractivity contribution in [3.8, 4) is 0 Å². The Kier molecular flexibility index (Phi) is 12.0. The van der Waals surface area contributed by atoms with Crippen molar-refractivity contribution in [2.24, 2.45) is 5.92 Å². The Morgan fingerprint density at radius 3 is 2.45 bits per heavy atom. The molecule has 0 spiro atoms. The smallest absolute Gasteiger partial charge is 0.766 e. The van der Waals surface area contributed by atoms with Gasteiger partial charge in [0.05, 0.1) is 24.2 Å². The molecule has 2 heterocycles. The van der Waals surface area contributed by atoms with Gasteiger partial charge in [0.2, 0.25) is 13.7 Å². The number of aliphatic carboxylic acids is 1. The fraction of sp³-hybridized carbons (Fsp3) is 0.565. The minimum absolute atomic E-state index is 0. The van der Waals surface area contributed by atoms with E-state index in [9.17, 15) is 39.5 Å². The number of nitrogens with one attached hydrogen (secondary N) is 3. The van der Waals surface area contributed by atoms with E-state index < -0.39 is 62.4 Å². The van der Waals surface area contributed by atoms with Crippen LogP contribution in [0.5, 0.6) is 0 Å². The van der Waals surface area contributed by atoms with Gasteiger partial charge >= 0.3 is 29.6 Å². The summed E-state index contributed by atoms with van der Waals surface area (Å²) in [5.41, 5.74) is 1.40. The molecule has 8 atom stereocenters. The summed E-state index contributed by atoms with van der Waals surface area (Å²) in [7, 11) is -5.10. The van der Waals surface area contributed by atoms with Gasteiger partial charge in [-0.3, -0.25) is 13.9 Å². The zero-order valence-electron chi connectivity index (χ0n) is 21.6. The quantitative estimate of drug-likeness (QED) is 0.113. The maximum absolute atomic E-state index is 13.0. The van der Waals surface area contributed by atoms with Crippen LogP contribution in [0.1, 0.15) is 32.8 Å². The number of rotatable bonds is 11. The molecule has 3 rings (SSSR count). The van der Waals surface area contributed by atoms with Gasteiger partial charge in [-0.1, -0.05) is 32.0 Å². The molecule has 15 heteroatoms. The predicted octanol–water partition coefficient (Wildman–Crippen LogP) is -4.73. The second-order valence-corrected chi connectivity index (χ2v) is 11.0. The van der Waals surface area contributed by atoms with Crippen molar-refractivity contribution in [2.45, 2.75) is 76.4 Å². The van der Waals surface area contributed by atoms with Crippen LogP contribution in [0.15, 0.2) is 30.5 Å². The van der Waals surface area contributed by atoms with Crippen LogP contribution < -0.4 is 50.0 Å². The van der Waals surface area contributed by atoms with Crippen molar-refractivity contribution in [3.63, 3.8) is 0 Å². The second kappa shape index (κ2) is 13.8. The molecule has 1 aliphatic rings. The zero-order valence-corrected chi connectivity index (χ0v) is 24.5. The van der Waals surface area contributed by atoms with E-state index in [-0.39, 0.29) is 48.3 Å². The second-order valence-electron chi connectivity index (χ2n) is 9.54. The molecule has 0 aliphatic carbocycles. The van der Waals surface area contributed by atoms with Gasteiger partial charge in [0.15, 0.2) is 6.29 Å². The van der Waals surface area contributed by atoms with Gasteiger partial charge in [0, 0.05) is 23.5 Å². The van der Waals surface area contributed by atoms with Gasteiger partial charge < -0.3 is 45.2 Å². The minimum Gasteiger partial charge on any atom is -0.766 e. The molecule has 6 N–H and O–H groups in total. The Morgan fingerprint density at radius 2 is 1.82 bits per heavy atom. The Hall–Kier alpha value is -1.35. The Morgan fingerprint density at radius 1 is 1.16 bits per heavy atom. The van der Waals surface area contributed by atoms with Crippen molar-refractivity contribution in [1.82, 2.24) is 15.4 Å². The average molecular weight is 564 g/mol. The third-order valence-electron chi connectivity index (χ3n) is 6.09.